The molecular weight excluding hydrogens is 384 g/mol. The second-order valence-electron chi connectivity index (χ2n) is 6.12. The normalized spacial score (nSPS) is 11.7. The molecule has 9 heteroatoms. The van der Waals surface area contributed by atoms with Crippen molar-refractivity contribution in [2.75, 3.05) is 0 Å². The van der Waals surface area contributed by atoms with Crippen LogP contribution in [0.4, 0.5) is 0 Å². The minimum absolute atomic E-state index is 0. The first-order valence-electron chi connectivity index (χ1n) is 8.39. The first-order valence-corrected chi connectivity index (χ1v) is 9.21. The number of carbonyl (C=O) groups excluding carboxylic acids is 1. The minimum Gasteiger partial charge on any atom is -0.350 e. The Morgan fingerprint density at radius 3 is 2.56 bits per heavy atom. The third kappa shape index (κ3) is 5.12. The molecule has 3 aromatic rings. The highest BCUT2D eigenvalue weighted by atomic mass is 35.5. The van der Waals surface area contributed by atoms with Gasteiger partial charge >= 0.3 is 0 Å². The van der Waals surface area contributed by atoms with Crippen LogP contribution < -0.4 is 11.1 Å². The Balaban J connectivity index is 0.00000261. The van der Waals surface area contributed by atoms with Gasteiger partial charge in [0.05, 0.1) is 23.3 Å². The molecule has 0 aliphatic rings. The number of hydrogen-bond acceptors (Lipinski definition) is 6. The third-order valence-electron chi connectivity index (χ3n) is 3.88. The highest BCUT2D eigenvalue weighted by Gasteiger charge is 2.17. The Bertz CT molecular complexity index is 906. The molecule has 1 aromatic carbocycles. The minimum atomic E-state index is -0.320. The lowest BCUT2D eigenvalue weighted by atomic mass is 10.2. The van der Waals surface area contributed by atoms with E-state index in [9.17, 15) is 4.79 Å². The predicted octanol–water partition coefficient (Wildman–Crippen LogP) is 2.78. The Morgan fingerprint density at radius 1 is 1.26 bits per heavy atom. The van der Waals surface area contributed by atoms with Gasteiger partial charge in [0.25, 0.3) is 0 Å². The van der Waals surface area contributed by atoms with Gasteiger partial charge in [0, 0.05) is 10.4 Å². The fraction of sp³-hybridized carbons (Fsp3) is 0.333. The molecule has 3 rings (SSSR count). The molecule has 2 aromatic heterocycles. The maximum absolute atomic E-state index is 12.4. The molecule has 0 unspecified atom stereocenters. The molecule has 2 heterocycles. The lowest BCUT2D eigenvalue weighted by Crippen LogP contribution is -2.29. The highest BCUT2D eigenvalue weighted by Crippen LogP contribution is 2.18. The number of nitrogens with zero attached hydrogens (tertiary/aromatic N) is 4. The van der Waals surface area contributed by atoms with Gasteiger partial charge in [-0.1, -0.05) is 30.3 Å². The summed E-state index contributed by atoms with van der Waals surface area (Å²) in [6.45, 7) is 6.27. The van der Waals surface area contributed by atoms with Crippen molar-refractivity contribution in [2.45, 2.75) is 39.9 Å². The molecule has 0 spiro atoms. The molecule has 1 atom stereocenters. The number of amides is 1. The summed E-state index contributed by atoms with van der Waals surface area (Å²) < 4.78 is 1.58. The second-order valence-corrected chi connectivity index (χ2v) is 7.41. The summed E-state index contributed by atoms with van der Waals surface area (Å²) >= 11 is 1.59. The SMILES string of the molecule is Cc1nc(C)c(CNC(=O)Cn2nc(-c3ccccc3)nc2[C@H](C)N)s1.Cl. The topological polar surface area (TPSA) is 98.7 Å². The Labute approximate surface area is 168 Å². The van der Waals surface area contributed by atoms with Crippen LogP contribution in [0.5, 0.6) is 0 Å². The average molecular weight is 407 g/mol. The van der Waals surface area contributed by atoms with Gasteiger partial charge < -0.3 is 11.1 Å². The van der Waals surface area contributed by atoms with Crippen LogP contribution in [0, 0.1) is 13.8 Å². The second kappa shape index (κ2) is 9.07. The van der Waals surface area contributed by atoms with Gasteiger partial charge in [-0.3, -0.25) is 4.79 Å². The van der Waals surface area contributed by atoms with Crippen molar-refractivity contribution in [3.05, 3.63) is 51.7 Å². The molecule has 0 aliphatic carbocycles. The number of rotatable bonds is 6. The van der Waals surface area contributed by atoms with Crippen molar-refractivity contribution in [1.29, 1.82) is 0 Å². The predicted molar refractivity (Wildman–Crippen MR) is 109 cm³/mol. The quantitative estimate of drug-likeness (QED) is 0.655. The number of benzene rings is 1. The molecule has 27 heavy (non-hydrogen) atoms. The number of halogens is 1. The molecule has 0 fully saturated rings. The fourth-order valence-electron chi connectivity index (χ4n) is 2.63. The fourth-order valence-corrected chi connectivity index (χ4v) is 3.50. The molecule has 0 saturated heterocycles. The maximum atomic E-state index is 12.4. The molecule has 0 saturated carbocycles. The monoisotopic (exact) mass is 406 g/mol. The standard InChI is InChI=1S/C18H22N6OS.ClH/c1-11(19)18-22-17(14-7-5-4-6-8-14)23-24(18)10-16(25)20-9-15-12(2)21-13(3)26-15;/h4-8,11H,9-10,19H2,1-3H3,(H,20,25);1H/t11-;/m0./s1. The van der Waals surface area contributed by atoms with Crippen molar-refractivity contribution in [3.8, 4) is 11.4 Å². The van der Waals surface area contributed by atoms with Crippen molar-refractivity contribution in [2.24, 2.45) is 5.73 Å². The van der Waals surface area contributed by atoms with Crippen molar-refractivity contribution >= 4 is 29.7 Å². The average Bonchev–Trinajstić information content (AvgIpc) is 3.17. The molecular formula is C18H23ClN6OS. The summed E-state index contributed by atoms with van der Waals surface area (Å²) in [5.41, 5.74) is 7.86. The lowest BCUT2D eigenvalue weighted by molar-refractivity contribution is -0.122. The number of carbonyl (C=O) groups is 1. The van der Waals surface area contributed by atoms with Gasteiger partial charge in [0.15, 0.2) is 5.82 Å². The van der Waals surface area contributed by atoms with Crippen LogP contribution in [0.2, 0.25) is 0 Å². The number of thiazole rings is 1. The first-order chi connectivity index (χ1) is 12.4. The van der Waals surface area contributed by atoms with Crippen molar-refractivity contribution in [1.82, 2.24) is 25.1 Å². The van der Waals surface area contributed by atoms with E-state index in [1.54, 1.807) is 16.0 Å². The summed E-state index contributed by atoms with van der Waals surface area (Å²) in [6, 6.07) is 9.32. The van der Waals surface area contributed by atoms with E-state index < -0.39 is 0 Å². The van der Waals surface area contributed by atoms with Crippen LogP contribution in [-0.2, 0) is 17.9 Å². The van der Waals surface area contributed by atoms with Crippen LogP contribution in [0.3, 0.4) is 0 Å². The number of aromatic nitrogens is 4. The van der Waals surface area contributed by atoms with E-state index in [4.69, 9.17) is 5.73 Å². The number of nitrogens with one attached hydrogen (secondary N) is 1. The third-order valence-corrected chi connectivity index (χ3v) is 4.95. The van der Waals surface area contributed by atoms with Gasteiger partial charge in [0.1, 0.15) is 12.4 Å². The number of nitrogens with two attached hydrogens (primary N) is 1. The molecule has 3 N–H and O–H groups in total. The van der Waals surface area contributed by atoms with Gasteiger partial charge in [-0.25, -0.2) is 14.6 Å². The molecule has 1 amide bonds. The number of aryl methyl sites for hydroxylation is 2. The smallest absolute Gasteiger partial charge is 0.242 e. The van der Waals surface area contributed by atoms with Crippen LogP contribution >= 0.6 is 23.7 Å². The van der Waals surface area contributed by atoms with E-state index >= 15 is 0 Å². The zero-order chi connectivity index (χ0) is 18.7. The summed E-state index contributed by atoms with van der Waals surface area (Å²) in [7, 11) is 0. The summed E-state index contributed by atoms with van der Waals surface area (Å²) in [6.07, 6.45) is 0. The highest BCUT2D eigenvalue weighted by molar-refractivity contribution is 7.11. The molecule has 0 radical (unpaired) electrons. The van der Waals surface area contributed by atoms with Crippen LogP contribution in [0.15, 0.2) is 30.3 Å². The van der Waals surface area contributed by atoms with E-state index in [0.29, 0.717) is 18.2 Å². The largest absolute Gasteiger partial charge is 0.350 e. The summed E-state index contributed by atoms with van der Waals surface area (Å²) in [5.74, 6) is 1.02. The van der Waals surface area contributed by atoms with Crippen LogP contribution in [-0.4, -0.2) is 25.7 Å². The van der Waals surface area contributed by atoms with Crippen LogP contribution in [0.1, 0.15) is 34.4 Å². The van der Waals surface area contributed by atoms with Gasteiger partial charge in [-0.2, -0.15) is 5.10 Å². The zero-order valence-corrected chi connectivity index (χ0v) is 17.1. The van der Waals surface area contributed by atoms with Gasteiger partial charge in [0.2, 0.25) is 5.91 Å². The zero-order valence-electron chi connectivity index (χ0n) is 15.5. The molecule has 7 nitrogen and oxygen atoms in total. The van der Waals surface area contributed by atoms with Crippen molar-refractivity contribution < 1.29 is 4.79 Å². The molecule has 0 bridgehead atoms. The Kier molecular flexibility index (Phi) is 7.06. The maximum Gasteiger partial charge on any atom is 0.242 e. The van der Waals surface area contributed by atoms with Gasteiger partial charge in [-0.05, 0) is 20.8 Å². The summed E-state index contributed by atoms with van der Waals surface area (Å²) in [5, 5.41) is 8.39. The van der Waals surface area contributed by atoms with E-state index in [-0.39, 0.29) is 30.9 Å². The molecule has 0 aliphatic heterocycles. The Hall–Kier alpha value is -2.29. The number of hydrogen-bond donors (Lipinski definition) is 2. The first kappa shape index (κ1) is 21.0. The van der Waals surface area contributed by atoms with E-state index in [1.807, 2.05) is 51.1 Å². The van der Waals surface area contributed by atoms with E-state index in [1.165, 1.54) is 0 Å². The van der Waals surface area contributed by atoms with Crippen LogP contribution in [0.25, 0.3) is 11.4 Å². The summed E-state index contributed by atoms with van der Waals surface area (Å²) in [4.78, 5) is 22.3. The van der Waals surface area contributed by atoms with E-state index in [0.717, 1.165) is 21.1 Å². The van der Waals surface area contributed by atoms with Crippen molar-refractivity contribution in [3.63, 3.8) is 0 Å². The van der Waals surface area contributed by atoms with Gasteiger partial charge in [-0.15, -0.1) is 23.7 Å². The Morgan fingerprint density at radius 2 is 1.96 bits per heavy atom. The molecule has 144 valence electrons. The van der Waals surface area contributed by atoms with E-state index in [2.05, 4.69) is 20.4 Å². The lowest BCUT2D eigenvalue weighted by Gasteiger charge is -2.08.